The number of carbonyl (C=O) groups excluding carboxylic acids is 1. The summed E-state index contributed by atoms with van der Waals surface area (Å²) in [6.45, 7) is 5.86. The average Bonchev–Trinajstić information content (AvgIpc) is 2.97. The Kier molecular flexibility index (Phi) is 5.00. The van der Waals surface area contributed by atoms with Gasteiger partial charge in [0.15, 0.2) is 11.0 Å². The van der Waals surface area contributed by atoms with Crippen molar-refractivity contribution in [2.75, 3.05) is 12.4 Å². The number of aryl methyl sites for hydroxylation is 1. The third kappa shape index (κ3) is 3.42. The summed E-state index contributed by atoms with van der Waals surface area (Å²) >= 11 is 1.60. The lowest BCUT2D eigenvalue weighted by Crippen LogP contribution is -2.34. The molecule has 2 heterocycles. The molecule has 5 nitrogen and oxygen atoms in total. The van der Waals surface area contributed by atoms with E-state index >= 15 is 0 Å². The van der Waals surface area contributed by atoms with Crippen LogP contribution < -0.4 is 0 Å². The topological polar surface area (TPSA) is 51.0 Å². The Morgan fingerprint density at radius 1 is 1.22 bits per heavy atom. The third-order valence-electron chi connectivity index (χ3n) is 4.19. The van der Waals surface area contributed by atoms with Crippen molar-refractivity contribution in [2.45, 2.75) is 44.8 Å². The van der Waals surface area contributed by atoms with Gasteiger partial charge in [-0.1, -0.05) is 36.0 Å². The number of hydrogen-bond donors (Lipinski definition) is 0. The van der Waals surface area contributed by atoms with Crippen LogP contribution in [0.15, 0.2) is 29.4 Å². The molecule has 1 aromatic carbocycles. The maximum absolute atomic E-state index is 11.9. The summed E-state index contributed by atoms with van der Waals surface area (Å²) in [6.07, 6.45) is 2.79. The van der Waals surface area contributed by atoms with Gasteiger partial charge in [0.05, 0.1) is 5.88 Å². The van der Waals surface area contributed by atoms with Gasteiger partial charge >= 0.3 is 0 Å². The molecule has 1 aliphatic rings. The maximum atomic E-state index is 11.9. The van der Waals surface area contributed by atoms with E-state index in [1.165, 1.54) is 5.56 Å². The van der Waals surface area contributed by atoms with E-state index in [1.54, 1.807) is 11.8 Å². The molecule has 0 bridgehead atoms. The first-order valence-corrected chi connectivity index (χ1v) is 9.09. The van der Waals surface area contributed by atoms with Gasteiger partial charge in [0.2, 0.25) is 5.91 Å². The number of piperidine rings is 1. The highest BCUT2D eigenvalue weighted by Gasteiger charge is 2.20. The predicted octanol–water partition coefficient (Wildman–Crippen LogP) is 3.34. The van der Waals surface area contributed by atoms with Crippen molar-refractivity contribution in [3.05, 3.63) is 29.8 Å². The first-order chi connectivity index (χ1) is 11.2. The standard InChI is InChI=1S/C17H22N4OS/c1-3-21-16(14-9-5-4-8-13(14)2)18-19-17(21)23-12-20-11-7-6-10-15(20)22/h4-5,8-9H,3,6-7,10-12H2,1-2H3. The molecule has 0 aliphatic carbocycles. The average molecular weight is 330 g/mol. The molecular weight excluding hydrogens is 308 g/mol. The fourth-order valence-electron chi connectivity index (χ4n) is 2.84. The zero-order valence-corrected chi connectivity index (χ0v) is 14.5. The second-order valence-electron chi connectivity index (χ2n) is 5.75. The van der Waals surface area contributed by atoms with Crippen LogP contribution in [0.1, 0.15) is 31.7 Å². The normalized spacial score (nSPS) is 15.2. The van der Waals surface area contributed by atoms with Gasteiger partial charge in [-0.2, -0.15) is 0 Å². The van der Waals surface area contributed by atoms with Crippen LogP contribution in [0.25, 0.3) is 11.4 Å². The monoisotopic (exact) mass is 330 g/mol. The Bertz CT molecular complexity index is 698. The Morgan fingerprint density at radius 2 is 2.04 bits per heavy atom. The SMILES string of the molecule is CCn1c(SCN2CCCCC2=O)nnc1-c1ccccc1C. The number of carbonyl (C=O) groups is 1. The second kappa shape index (κ2) is 7.17. The molecule has 3 rings (SSSR count). The summed E-state index contributed by atoms with van der Waals surface area (Å²) in [6, 6.07) is 8.22. The third-order valence-corrected chi connectivity index (χ3v) is 5.19. The van der Waals surface area contributed by atoms with Gasteiger partial charge in [0.25, 0.3) is 0 Å². The predicted molar refractivity (Wildman–Crippen MR) is 92.2 cm³/mol. The summed E-state index contributed by atoms with van der Waals surface area (Å²) in [5, 5.41) is 9.62. The fraction of sp³-hybridized carbons (Fsp3) is 0.471. The van der Waals surface area contributed by atoms with Crippen molar-refractivity contribution in [1.29, 1.82) is 0 Å². The van der Waals surface area contributed by atoms with Crippen LogP contribution in [0.4, 0.5) is 0 Å². The minimum Gasteiger partial charge on any atom is -0.333 e. The molecule has 0 N–H and O–H groups in total. The molecule has 1 fully saturated rings. The van der Waals surface area contributed by atoms with Gasteiger partial charge in [-0.25, -0.2) is 0 Å². The van der Waals surface area contributed by atoms with Gasteiger partial charge in [0.1, 0.15) is 0 Å². The molecule has 0 saturated carbocycles. The number of nitrogens with zero attached hydrogens (tertiary/aromatic N) is 4. The number of amides is 1. The van der Waals surface area contributed by atoms with Crippen LogP contribution in [0, 0.1) is 6.92 Å². The minimum atomic E-state index is 0.255. The maximum Gasteiger partial charge on any atom is 0.223 e. The van der Waals surface area contributed by atoms with Crippen LogP contribution in [-0.2, 0) is 11.3 Å². The van der Waals surface area contributed by atoms with Gasteiger partial charge in [-0.3, -0.25) is 4.79 Å². The highest BCUT2D eigenvalue weighted by atomic mass is 32.2. The first-order valence-electron chi connectivity index (χ1n) is 8.10. The number of rotatable bonds is 5. The number of likely N-dealkylation sites (tertiary alicyclic amines) is 1. The molecule has 6 heteroatoms. The van der Waals surface area contributed by atoms with Crippen molar-refractivity contribution >= 4 is 17.7 Å². The Hall–Kier alpha value is -1.82. The summed E-state index contributed by atoms with van der Waals surface area (Å²) in [4.78, 5) is 13.8. The van der Waals surface area contributed by atoms with Gasteiger partial charge in [-0.05, 0) is 32.3 Å². The highest BCUT2D eigenvalue weighted by molar-refractivity contribution is 7.99. The van der Waals surface area contributed by atoms with Crippen LogP contribution in [0.2, 0.25) is 0 Å². The van der Waals surface area contributed by atoms with E-state index in [0.29, 0.717) is 12.3 Å². The van der Waals surface area contributed by atoms with E-state index in [4.69, 9.17) is 0 Å². The Balaban J connectivity index is 1.79. The van der Waals surface area contributed by atoms with Gasteiger partial charge < -0.3 is 9.47 Å². The Labute approximate surface area is 141 Å². The summed E-state index contributed by atoms with van der Waals surface area (Å²) in [7, 11) is 0. The van der Waals surface area contributed by atoms with Crippen molar-refractivity contribution < 1.29 is 4.79 Å². The zero-order chi connectivity index (χ0) is 16.2. The van der Waals surface area contributed by atoms with Crippen LogP contribution in [0.3, 0.4) is 0 Å². The molecule has 23 heavy (non-hydrogen) atoms. The summed E-state index contributed by atoms with van der Waals surface area (Å²) < 4.78 is 2.13. The number of benzene rings is 1. The fourth-order valence-corrected chi connectivity index (χ4v) is 3.85. The minimum absolute atomic E-state index is 0.255. The number of aromatic nitrogens is 3. The first kappa shape index (κ1) is 16.1. The van der Waals surface area contributed by atoms with Crippen LogP contribution >= 0.6 is 11.8 Å². The molecular formula is C17H22N4OS. The summed E-state index contributed by atoms with van der Waals surface area (Å²) in [5.74, 6) is 1.81. The Morgan fingerprint density at radius 3 is 2.78 bits per heavy atom. The molecule has 0 unspecified atom stereocenters. The second-order valence-corrected chi connectivity index (χ2v) is 6.67. The molecule has 0 radical (unpaired) electrons. The largest absolute Gasteiger partial charge is 0.333 e. The van der Waals surface area contributed by atoms with E-state index in [2.05, 4.69) is 40.7 Å². The van der Waals surface area contributed by atoms with Gasteiger partial charge in [0, 0.05) is 25.1 Å². The molecule has 1 saturated heterocycles. The lowest BCUT2D eigenvalue weighted by Gasteiger charge is -2.25. The molecule has 1 aliphatic heterocycles. The van der Waals surface area contributed by atoms with Crippen molar-refractivity contribution in [2.24, 2.45) is 0 Å². The lowest BCUT2D eigenvalue weighted by molar-refractivity contribution is -0.132. The van der Waals surface area contributed by atoms with E-state index < -0.39 is 0 Å². The molecule has 0 spiro atoms. The van der Waals surface area contributed by atoms with Crippen LogP contribution in [0.5, 0.6) is 0 Å². The van der Waals surface area contributed by atoms with E-state index in [0.717, 1.165) is 42.5 Å². The lowest BCUT2D eigenvalue weighted by atomic mass is 10.1. The van der Waals surface area contributed by atoms with E-state index in [9.17, 15) is 4.79 Å². The smallest absolute Gasteiger partial charge is 0.223 e. The van der Waals surface area contributed by atoms with Crippen molar-refractivity contribution in [3.8, 4) is 11.4 Å². The molecule has 2 aromatic rings. The molecule has 1 amide bonds. The molecule has 0 atom stereocenters. The molecule has 122 valence electrons. The van der Waals surface area contributed by atoms with E-state index in [1.807, 2.05) is 17.0 Å². The van der Waals surface area contributed by atoms with Gasteiger partial charge in [-0.15, -0.1) is 10.2 Å². The molecule has 1 aromatic heterocycles. The van der Waals surface area contributed by atoms with Crippen LogP contribution in [-0.4, -0.2) is 38.0 Å². The quantitative estimate of drug-likeness (QED) is 0.789. The van der Waals surface area contributed by atoms with Crippen molar-refractivity contribution in [3.63, 3.8) is 0 Å². The number of hydrogen-bond acceptors (Lipinski definition) is 4. The van der Waals surface area contributed by atoms with Crippen molar-refractivity contribution in [1.82, 2.24) is 19.7 Å². The number of thioether (sulfide) groups is 1. The van der Waals surface area contributed by atoms with E-state index in [-0.39, 0.29) is 5.91 Å². The summed E-state index contributed by atoms with van der Waals surface area (Å²) in [5.41, 5.74) is 2.31. The zero-order valence-electron chi connectivity index (χ0n) is 13.7. The highest BCUT2D eigenvalue weighted by Crippen LogP contribution is 2.27.